The van der Waals surface area contributed by atoms with Gasteiger partial charge in [0.2, 0.25) is 0 Å². The van der Waals surface area contributed by atoms with Crippen LogP contribution in [0.2, 0.25) is 0 Å². The fourth-order valence-corrected chi connectivity index (χ4v) is 1.78. The third-order valence-electron chi connectivity index (χ3n) is 2.59. The summed E-state index contributed by atoms with van der Waals surface area (Å²) in [5.74, 6) is -0.711. The molecule has 0 aliphatic rings. The molecule has 0 saturated heterocycles. The summed E-state index contributed by atoms with van der Waals surface area (Å²) in [5, 5.41) is 9.11. The maximum Gasteiger partial charge on any atom is 0.417 e. The molecule has 0 radical (unpaired) electrons. The van der Waals surface area contributed by atoms with Gasteiger partial charge in [0.25, 0.3) is 0 Å². The van der Waals surface area contributed by atoms with Gasteiger partial charge >= 0.3 is 6.18 Å². The van der Waals surface area contributed by atoms with Crippen molar-refractivity contribution in [2.24, 2.45) is 0 Å². The third-order valence-corrected chi connectivity index (χ3v) is 2.59. The van der Waals surface area contributed by atoms with Gasteiger partial charge in [-0.2, -0.15) is 13.2 Å². The van der Waals surface area contributed by atoms with E-state index in [0.29, 0.717) is 0 Å². The highest BCUT2D eigenvalue weighted by molar-refractivity contribution is 5.67. The van der Waals surface area contributed by atoms with Crippen LogP contribution in [0.1, 0.15) is 11.1 Å². The Hall–Kier alpha value is -1.95. The van der Waals surface area contributed by atoms with E-state index < -0.39 is 24.2 Å². The maximum absolute atomic E-state index is 13.0. The summed E-state index contributed by atoms with van der Waals surface area (Å²) >= 11 is 0. The molecule has 2 rings (SSSR count). The summed E-state index contributed by atoms with van der Waals surface area (Å²) in [6.45, 7) is -0.591. The van der Waals surface area contributed by atoms with E-state index in [1.807, 2.05) is 0 Å². The van der Waals surface area contributed by atoms with E-state index >= 15 is 0 Å². The Morgan fingerprint density at radius 1 is 1.16 bits per heavy atom. The van der Waals surface area contributed by atoms with Crippen LogP contribution in [0.5, 0.6) is 0 Å². The van der Waals surface area contributed by atoms with E-state index in [4.69, 9.17) is 5.11 Å². The molecule has 0 amide bonds. The Balaban J connectivity index is 2.66. The van der Waals surface area contributed by atoms with E-state index in [2.05, 4.69) is 4.98 Å². The van der Waals surface area contributed by atoms with Crippen molar-refractivity contribution in [1.29, 1.82) is 0 Å². The molecule has 1 aromatic heterocycles. The number of pyridine rings is 1. The monoisotopic (exact) mass is 271 g/mol. The Kier molecular flexibility index (Phi) is 3.53. The molecule has 0 spiro atoms. The van der Waals surface area contributed by atoms with Crippen LogP contribution in [-0.4, -0.2) is 10.1 Å². The number of alkyl halides is 3. The summed E-state index contributed by atoms with van der Waals surface area (Å²) in [5.41, 5.74) is -1.11. The van der Waals surface area contributed by atoms with Crippen LogP contribution >= 0.6 is 0 Å². The first kappa shape index (κ1) is 13.5. The van der Waals surface area contributed by atoms with Gasteiger partial charge in [-0.05, 0) is 12.1 Å². The van der Waals surface area contributed by atoms with Crippen LogP contribution in [-0.2, 0) is 12.8 Å². The second-order valence-electron chi connectivity index (χ2n) is 3.86. The summed E-state index contributed by atoms with van der Waals surface area (Å²) in [6.07, 6.45) is -3.72. The van der Waals surface area contributed by atoms with Crippen molar-refractivity contribution in [2.75, 3.05) is 0 Å². The number of hydrogen-bond donors (Lipinski definition) is 1. The molecule has 0 aliphatic heterocycles. The van der Waals surface area contributed by atoms with Crippen molar-refractivity contribution >= 4 is 0 Å². The van der Waals surface area contributed by atoms with Gasteiger partial charge in [0.05, 0.1) is 24.1 Å². The first-order valence-corrected chi connectivity index (χ1v) is 5.35. The zero-order chi connectivity index (χ0) is 14.0. The normalized spacial score (nSPS) is 11.6. The highest BCUT2D eigenvalue weighted by Crippen LogP contribution is 2.37. The lowest BCUT2D eigenvalue weighted by Crippen LogP contribution is -2.08. The van der Waals surface area contributed by atoms with Crippen molar-refractivity contribution in [1.82, 2.24) is 4.98 Å². The fourth-order valence-electron chi connectivity index (χ4n) is 1.78. The van der Waals surface area contributed by atoms with Crippen LogP contribution in [0, 0.1) is 5.82 Å². The molecule has 6 heteroatoms. The molecule has 1 N–H and O–H groups in total. The number of rotatable bonds is 2. The van der Waals surface area contributed by atoms with Gasteiger partial charge in [0, 0.05) is 11.1 Å². The van der Waals surface area contributed by atoms with E-state index in [1.54, 1.807) is 0 Å². The summed E-state index contributed by atoms with van der Waals surface area (Å²) in [7, 11) is 0. The fraction of sp³-hybridized carbons (Fsp3) is 0.154. The second-order valence-corrected chi connectivity index (χ2v) is 3.86. The van der Waals surface area contributed by atoms with Crippen molar-refractivity contribution in [3.05, 3.63) is 53.5 Å². The number of halogens is 4. The van der Waals surface area contributed by atoms with Gasteiger partial charge in [-0.25, -0.2) is 4.39 Å². The third kappa shape index (κ3) is 2.73. The van der Waals surface area contributed by atoms with Gasteiger partial charge in [-0.1, -0.05) is 18.2 Å². The van der Waals surface area contributed by atoms with Crippen LogP contribution < -0.4 is 0 Å². The number of aliphatic hydroxyl groups excluding tert-OH is 1. The molecule has 2 nitrogen and oxygen atoms in total. The van der Waals surface area contributed by atoms with Crippen LogP contribution in [0.25, 0.3) is 11.3 Å². The van der Waals surface area contributed by atoms with Gasteiger partial charge < -0.3 is 5.11 Å². The molecule has 0 fully saturated rings. The number of aliphatic hydroxyl groups is 1. The highest BCUT2D eigenvalue weighted by atomic mass is 19.4. The summed E-state index contributed by atoms with van der Waals surface area (Å²) in [4.78, 5) is 3.66. The molecule has 100 valence electrons. The van der Waals surface area contributed by atoms with Crippen molar-refractivity contribution in [3.8, 4) is 11.3 Å². The molecular formula is C13H9F4NO. The van der Waals surface area contributed by atoms with E-state index in [9.17, 15) is 17.6 Å². The highest BCUT2D eigenvalue weighted by Gasteiger charge is 2.34. The van der Waals surface area contributed by atoms with Crippen LogP contribution in [0.4, 0.5) is 17.6 Å². The van der Waals surface area contributed by atoms with E-state index in [1.165, 1.54) is 18.2 Å². The second kappa shape index (κ2) is 4.97. The molecule has 0 unspecified atom stereocenters. The molecule has 19 heavy (non-hydrogen) atoms. The first-order valence-electron chi connectivity index (χ1n) is 5.35. The van der Waals surface area contributed by atoms with Gasteiger partial charge in [-0.3, -0.25) is 4.98 Å². The molecule has 0 atom stereocenters. The Labute approximate surface area is 106 Å². The average molecular weight is 271 g/mol. The van der Waals surface area contributed by atoms with Crippen molar-refractivity contribution in [2.45, 2.75) is 12.8 Å². The van der Waals surface area contributed by atoms with E-state index in [0.717, 1.165) is 18.3 Å². The number of benzene rings is 1. The molecule has 0 aliphatic carbocycles. The molecule has 1 heterocycles. The lowest BCUT2D eigenvalue weighted by atomic mass is 10.00. The smallest absolute Gasteiger partial charge is 0.392 e. The van der Waals surface area contributed by atoms with E-state index in [-0.39, 0.29) is 16.8 Å². The predicted octanol–water partition coefficient (Wildman–Crippen LogP) is 3.40. The summed E-state index contributed by atoms with van der Waals surface area (Å²) < 4.78 is 51.6. The van der Waals surface area contributed by atoms with Gasteiger partial charge in [-0.15, -0.1) is 0 Å². The topological polar surface area (TPSA) is 33.1 Å². The van der Waals surface area contributed by atoms with Crippen LogP contribution in [0.15, 0.2) is 36.5 Å². The average Bonchev–Trinajstić information content (AvgIpc) is 2.37. The lowest BCUT2D eigenvalue weighted by molar-refractivity contribution is -0.137. The largest absolute Gasteiger partial charge is 0.417 e. The molecule has 0 bridgehead atoms. The number of aromatic nitrogens is 1. The van der Waals surface area contributed by atoms with Crippen molar-refractivity contribution in [3.63, 3.8) is 0 Å². The predicted molar refractivity (Wildman–Crippen MR) is 60.6 cm³/mol. The molecule has 0 saturated carbocycles. The minimum Gasteiger partial charge on any atom is -0.392 e. The van der Waals surface area contributed by atoms with Gasteiger partial charge in [0.1, 0.15) is 5.82 Å². The zero-order valence-electron chi connectivity index (χ0n) is 9.58. The van der Waals surface area contributed by atoms with Crippen molar-refractivity contribution < 1.29 is 22.7 Å². The minimum atomic E-state index is -4.54. The lowest BCUT2D eigenvalue weighted by Gasteiger charge is -2.14. The Morgan fingerprint density at radius 2 is 1.84 bits per heavy atom. The quantitative estimate of drug-likeness (QED) is 0.849. The Morgan fingerprint density at radius 3 is 2.47 bits per heavy atom. The zero-order valence-corrected chi connectivity index (χ0v) is 9.58. The van der Waals surface area contributed by atoms with Gasteiger partial charge in [0.15, 0.2) is 0 Å². The standard InChI is InChI=1S/C13H9F4NO/c14-9-5-8(7-19)12(18-6-9)10-3-1-2-4-11(10)13(15,16)17/h1-6,19H,7H2. The SMILES string of the molecule is OCc1cc(F)cnc1-c1ccccc1C(F)(F)F. The van der Waals surface area contributed by atoms with Crippen LogP contribution in [0.3, 0.4) is 0 Å². The number of nitrogens with zero attached hydrogens (tertiary/aromatic N) is 1. The summed E-state index contributed by atoms with van der Waals surface area (Å²) in [6, 6.07) is 5.81. The molecular weight excluding hydrogens is 262 g/mol. The Bertz CT molecular complexity index is 595. The number of hydrogen-bond acceptors (Lipinski definition) is 2. The maximum atomic E-state index is 13.0. The molecule has 1 aromatic carbocycles. The first-order chi connectivity index (χ1) is 8.93. The molecule has 2 aromatic rings. The minimum absolute atomic E-state index is 0.0108.